The van der Waals surface area contributed by atoms with Gasteiger partial charge in [0, 0.05) is 10.0 Å². The van der Waals surface area contributed by atoms with Crippen LogP contribution in [0.15, 0.2) is 71.2 Å². The Hall–Kier alpha value is -2.99. The van der Waals surface area contributed by atoms with Crippen LogP contribution in [0.25, 0.3) is 22.4 Å². The minimum atomic E-state index is -0.577. The number of nitrogens with one attached hydrogen (secondary N) is 2. The van der Waals surface area contributed by atoms with Gasteiger partial charge in [-0.05, 0) is 42.5 Å². The van der Waals surface area contributed by atoms with Gasteiger partial charge in [0.05, 0.1) is 22.3 Å². The summed E-state index contributed by atoms with van der Waals surface area (Å²) in [5.41, 5.74) is 2.99. The Morgan fingerprint density at radius 3 is 2.65 bits per heavy atom. The second kappa shape index (κ2) is 6.72. The number of fused-ring (bicyclic) bond motifs is 1. The fraction of sp³-hybridized carbons (Fsp3) is 0. The highest BCUT2D eigenvalue weighted by molar-refractivity contribution is 9.10. The molecule has 3 aromatic carbocycles. The van der Waals surface area contributed by atoms with E-state index in [2.05, 4.69) is 31.2 Å². The average Bonchev–Trinajstić information content (AvgIpc) is 3.08. The SMILES string of the molecule is O=C(Nc1ccccc1-c1nc2ccccc2[nH]1)c1cc(Br)ccc1F. The molecule has 4 rings (SSSR count). The van der Waals surface area contributed by atoms with E-state index in [1.54, 1.807) is 18.2 Å². The average molecular weight is 410 g/mol. The summed E-state index contributed by atoms with van der Waals surface area (Å²) in [4.78, 5) is 20.3. The molecule has 0 atom stereocenters. The maximum absolute atomic E-state index is 14.0. The third-order valence-corrected chi connectivity index (χ3v) is 4.49. The molecule has 0 bridgehead atoms. The molecule has 0 spiro atoms. The van der Waals surface area contributed by atoms with E-state index in [1.165, 1.54) is 12.1 Å². The summed E-state index contributed by atoms with van der Waals surface area (Å²) in [6, 6.07) is 19.2. The second-order valence-corrected chi connectivity index (χ2v) is 6.64. The number of para-hydroxylation sites is 3. The van der Waals surface area contributed by atoms with Crippen LogP contribution in [-0.4, -0.2) is 15.9 Å². The molecule has 0 saturated carbocycles. The van der Waals surface area contributed by atoms with Gasteiger partial charge < -0.3 is 10.3 Å². The van der Waals surface area contributed by atoms with Gasteiger partial charge in [0.15, 0.2) is 0 Å². The Morgan fingerprint density at radius 2 is 1.81 bits per heavy atom. The van der Waals surface area contributed by atoms with Gasteiger partial charge in [-0.2, -0.15) is 0 Å². The Labute approximate surface area is 157 Å². The standard InChI is InChI=1S/C20H13BrFN3O/c21-12-9-10-15(22)14(11-12)20(26)25-16-6-2-1-5-13(16)19-23-17-7-3-4-8-18(17)24-19/h1-11H,(H,23,24)(H,25,26). The van der Waals surface area contributed by atoms with Gasteiger partial charge in [-0.1, -0.05) is 40.2 Å². The molecule has 0 radical (unpaired) electrons. The van der Waals surface area contributed by atoms with Crippen LogP contribution in [0.4, 0.5) is 10.1 Å². The molecule has 4 nitrogen and oxygen atoms in total. The van der Waals surface area contributed by atoms with Gasteiger partial charge in [-0.3, -0.25) is 4.79 Å². The van der Waals surface area contributed by atoms with E-state index in [-0.39, 0.29) is 5.56 Å². The summed E-state index contributed by atoms with van der Waals surface area (Å²) >= 11 is 3.26. The number of anilines is 1. The van der Waals surface area contributed by atoms with E-state index in [9.17, 15) is 9.18 Å². The zero-order chi connectivity index (χ0) is 18.1. The lowest BCUT2D eigenvalue weighted by Crippen LogP contribution is -2.14. The highest BCUT2D eigenvalue weighted by Gasteiger charge is 2.16. The van der Waals surface area contributed by atoms with Crippen molar-refractivity contribution in [2.75, 3.05) is 5.32 Å². The van der Waals surface area contributed by atoms with Crippen LogP contribution < -0.4 is 5.32 Å². The molecule has 26 heavy (non-hydrogen) atoms. The van der Waals surface area contributed by atoms with E-state index in [1.807, 2.05) is 36.4 Å². The van der Waals surface area contributed by atoms with E-state index in [0.717, 1.165) is 16.6 Å². The Balaban J connectivity index is 1.72. The lowest BCUT2D eigenvalue weighted by Gasteiger charge is -2.10. The van der Waals surface area contributed by atoms with Crippen LogP contribution in [0.5, 0.6) is 0 Å². The van der Waals surface area contributed by atoms with Crippen LogP contribution in [0.2, 0.25) is 0 Å². The number of carbonyl (C=O) groups excluding carboxylic acids is 1. The van der Waals surface area contributed by atoms with E-state index < -0.39 is 11.7 Å². The van der Waals surface area contributed by atoms with Crippen molar-refractivity contribution >= 4 is 38.6 Å². The number of benzene rings is 3. The molecule has 1 heterocycles. The van der Waals surface area contributed by atoms with Crippen LogP contribution in [-0.2, 0) is 0 Å². The minimum absolute atomic E-state index is 0.0289. The Kier molecular flexibility index (Phi) is 4.26. The molecular weight excluding hydrogens is 397 g/mol. The van der Waals surface area contributed by atoms with Crippen LogP contribution in [0.1, 0.15) is 10.4 Å². The number of halogens is 2. The van der Waals surface area contributed by atoms with Gasteiger partial charge in [0.25, 0.3) is 5.91 Å². The molecule has 128 valence electrons. The Morgan fingerprint density at radius 1 is 1.04 bits per heavy atom. The van der Waals surface area contributed by atoms with Gasteiger partial charge in [0.2, 0.25) is 0 Å². The number of amides is 1. The van der Waals surface area contributed by atoms with Crippen molar-refractivity contribution in [3.8, 4) is 11.4 Å². The first kappa shape index (κ1) is 16.5. The molecule has 0 aliphatic heterocycles. The number of imidazole rings is 1. The van der Waals surface area contributed by atoms with E-state index >= 15 is 0 Å². The molecule has 0 fully saturated rings. The van der Waals surface area contributed by atoms with Crippen molar-refractivity contribution in [3.63, 3.8) is 0 Å². The molecule has 1 aromatic heterocycles. The van der Waals surface area contributed by atoms with E-state index in [0.29, 0.717) is 16.0 Å². The summed E-state index contributed by atoms with van der Waals surface area (Å²) in [6.07, 6.45) is 0. The van der Waals surface area contributed by atoms with Gasteiger partial charge in [-0.15, -0.1) is 0 Å². The third-order valence-electron chi connectivity index (χ3n) is 3.99. The highest BCUT2D eigenvalue weighted by atomic mass is 79.9. The van der Waals surface area contributed by atoms with Crippen molar-refractivity contribution in [3.05, 3.63) is 82.6 Å². The normalized spacial score (nSPS) is 10.8. The third kappa shape index (κ3) is 3.11. The number of H-pyrrole nitrogens is 1. The number of aromatic nitrogens is 2. The molecular formula is C20H13BrFN3O. The fourth-order valence-corrected chi connectivity index (χ4v) is 3.10. The number of rotatable bonds is 3. The summed E-state index contributed by atoms with van der Waals surface area (Å²) in [7, 11) is 0. The first-order valence-corrected chi connectivity index (χ1v) is 8.72. The summed E-state index contributed by atoms with van der Waals surface area (Å²) in [5.74, 6) is -0.462. The number of aromatic amines is 1. The maximum Gasteiger partial charge on any atom is 0.258 e. The van der Waals surface area contributed by atoms with Gasteiger partial charge in [-0.25, -0.2) is 9.37 Å². The first-order chi connectivity index (χ1) is 12.6. The predicted molar refractivity (Wildman–Crippen MR) is 104 cm³/mol. The molecule has 1 amide bonds. The maximum atomic E-state index is 14.0. The first-order valence-electron chi connectivity index (χ1n) is 7.92. The summed E-state index contributed by atoms with van der Waals surface area (Å²) in [5, 5.41) is 2.78. The largest absolute Gasteiger partial charge is 0.338 e. The molecule has 2 N–H and O–H groups in total. The molecule has 0 saturated heterocycles. The van der Waals surface area contributed by atoms with Crippen molar-refractivity contribution in [1.82, 2.24) is 9.97 Å². The van der Waals surface area contributed by atoms with Crippen molar-refractivity contribution in [1.29, 1.82) is 0 Å². The topological polar surface area (TPSA) is 57.8 Å². The molecule has 0 aliphatic carbocycles. The monoisotopic (exact) mass is 409 g/mol. The number of hydrogen-bond donors (Lipinski definition) is 2. The summed E-state index contributed by atoms with van der Waals surface area (Å²) in [6.45, 7) is 0. The van der Waals surface area contributed by atoms with Gasteiger partial charge in [0.1, 0.15) is 11.6 Å². The lowest BCUT2D eigenvalue weighted by atomic mass is 10.1. The lowest BCUT2D eigenvalue weighted by molar-refractivity contribution is 0.102. The zero-order valence-electron chi connectivity index (χ0n) is 13.5. The number of hydrogen-bond acceptors (Lipinski definition) is 2. The molecule has 4 aromatic rings. The van der Waals surface area contributed by atoms with Crippen LogP contribution in [0, 0.1) is 5.82 Å². The van der Waals surface area contributed by atoms with Crippen molar-refractivity contribution < 1.29 is 9.18 Å². The molecule has 0 aliphatic rings. The number of carbonyl (C=O) groups is 1. The quantitative estimate of drug-likeness (QED) is 0.476. The smallest absolute Gasteiger partial charge is 0.258 e. The number of nitrogens with zero attached hydrogens (tertiary/aromatic N) is 1. The fourth-order valence-electron chi connectivity index (χ4n) is 2.74. The Bertz CT molecular complexity index is 1090. The highest BCUT2D eigenvalue weighted by Crippen LogP contribution is 2.28. The van der Waals surface area contributed by atoms with Crippen molar-refractivity contribution in [2.45, 2.75) is 0 Å². The molecule has 0 unspecified atom stereocenters. The zero-order valence-corrected chi connectivity index (χ0v) is 15.0. The minimum Gasteiger partial charge on any atom is -0.338 e. The van der Waals surface area contributed by atoms with Crippen molar-refractivity contribution in [2.24, 2.45) is 0 Å². The summed E-state index contributed by atoms with van der Waals surface area (Å²) < 4.78 is 14.6. The predicted octanol–water partition coefficient (Wildman–Crippen LogP) is 5.38. The van der Waals surface area contributed by atoms with Crippen LogP contribution >= 0.6 is 15.9 Å². The second-order valence-electron chi connectivity index (χ2n) is 5.73. The molecule has 6 heteroatoms. The van der Waals surface area contributed by atoms with Crippen LogP contribution in [0.3, 0.4) is 0 Å². The van der Waals surface area contributed by atoms with E-state index in [4.69, 9.17) is 0 Å². The van der Waals surface area contributed by atoms with Gasteiger partial charge >= 0.3 is 0 Å².